The minimum atomic E-state index is -0.249. The molecule has 0 bridgehead atoms. The zero-order chi connectivity index (χ0) is 17.1. The van der Waals surface area contributed by atoms with Crippen molar-refractivity contribution in [2.75, 3.05) is 11.9 Å². The first-order valence-electron chi connectivity index (χ1n) is 7.75. The van der Waals surface area contributed by atoms with E-state index in [9.17, 15) is 9.18 Å². The number of hydrogen-bond donors (Lipinski definition) is 1. The fraction of sp³-hybridized carbons (Fsp3) is 0.278. The molecule has 0 unspecified atom stereocenters. The third kappa shape index (κ3) is 4.47. The van der Waals surface area contributed by atoms with Gasteiger partial charge < -0.3 is 5.32 Å². The smallest absolute Gasteiger partial charge is 0.238 e. The summed E-state index contributed by atoms with van der Waals surface area (Å²) in [5.74, 6) is -0.441. The number of benzene rings is 2. The molecule has 1 fully saturated rings. The first-order valence-corrected chi connectivity index (χ1v) is 8.51. The quantitative estimate of drug-likeness (QED) is 0.800. The van der Waals surface area contributed by atoms with Crippen LogP contribution in [0.5, 0.6) is 0 Å². The summed E-state index contributed by atoms with van der Waals surface area (Å²) in [5.41, 5.74) is 1.08. The standard InChI is InChI=1S/C18H17Cl2FN2O/c19-13-5-8-15(20)17(9-13)22-18(24)11-23(14-6-7-14)10-12-3-1-2-4-16(12)21/h1-5,8-9,14H,6-7,10-11H2,(H,22,24). The lowest BCUT2D eigenvalue weighted by Gasteiger charge is -2.22. The van der Waals surface area contributed by atoms with Crippen LogP contribution in [0.3, 0.4) is 0 Å². The molecule has 3 rings (SSSR count). The fourth-order valence-electron chi connectivity index (χ4n) is 2.57. The molecule has 1 saturated carbocycles. The van der Waals surface area contributed by atoms with Crippen LogP contribution in [-0.2, 0) is 11.3 Å². The summed E-state index contributed by atoms with van der Waals surface area (Å²) in [6, 6.07) is 11.9. The van der Waals surface area contributed by atoms with Crippen molar-refractivity contribution in [3.05, 3.63) is 63.9 Å². The Morgan fingerprint density at radius 2 is 1.96 bits per heavy atom. The second-order valence-electron chi connectivity index (χ2n) is 5.90. The van der Waals surface area contributed by atoms with Crippen LogP contribution in [0.25, 0.3) is 0 Å². The molecule has 1 aliphatic rings. The van der Waals surface area contributed by atoms with Crippen LogP contribution < -0.4 is 5.32 Å². The molecule has 0 aromatic heterocycles. The molecule has 24 heavy (non-hydrogen) atoms. The molecule has 0 atom stereocenters. The van der Waals surface area contributed by atoms with Crippen LogP contribution in [0.15, 0.2) is 42.5 Å². The van der Waals surface area contributed by atoms with Crippen LogP contribution in [0, 0.1) is 5.82 Å². The average molecular weight is 367 g/mol. The molecule has 1 amide bonds. The van der Waals surface area contributed by atoms with Crippen LogP contribution in [0.2, 0.25) is 10.0 Å². The normalized spacial score (nSPS) is 14.0. The summed E-state index contributed by atoms with van der Waals surface area (Å²) in [7, 11) is 0. The Bertz CT molecular complexity index is 750. The summed E-state index contributed by atoms with van der Waals surface area (Å²) in [5, 5.41) is 3.70. The van der Waals surface area contributed by atoms with Gasteiger partial charge in [-0.15, -0.1) is 0 Å². The van der Waals surface area contributed by atoms with E-state index in [1.54, 1.807) is 36.4 Å². The van der Waals surface area contributed by atoms with Gasteiger partial charge in [0, 0.05) is 23.2 Å². The number of hydrogen-bond acceptors (Lipinski definition) is 2. The molecule has 2 aromatic carbocycles. The van der Waals surface area contributed by atoms with Crippen molar-refractivity contribution < 1.29 is 9.18 Å². The molecule has 0 radical (unpaired) electrons. The van der Waals surface area contributed by atoms with E-state index in [1.807, 2.05) is 4.90 Å². The fourth-order valence-corrected chi connectivity index (χ4v) is 2.90. The molecule has 2 aromatic rings. The lowest BCUT2D eigenvalue weighted by molar-refractivity contribution is -0.117. The van der Waals surface area contributed by atoms with E-state index in [4.69, 9.17) is 23.2 Å². The van der Waals surface area contributed by atoms with Crippen molar-refractivity contribution in [1.29, 1.82) is 0 Å². The summed E-state index contributed by atoms with van der Waals surface area (Å²) >= 11 is 12.0. The van der Waals surface area contributed by atoms with Gasteiger partial charge >= 0.3 is 0 Å². The molecule has 6 heteroatoms. The highest BCUT2D eigenvalue weighted by Gasteiger charge is 2.30. The number of carbonyl (C=O) groups is 1. The molecule has 1 aliphatic carbocycles. The van der Waals surface area contributed by atoms with Gasteiger partial charge in [0.05, 0.1) is 17.3 Å². The van der Waals surface area contributed by atoms with Crippen LogP contribution in [-0.4, -0.2) is 23.4 Å². The maximum atomic E-state index is 13.9. The third-order valence-electron chi connectivity index (χ3n) is 3.94. The Hall–Kier alpha value is -1.62. The van der Waals surface area contributed by atoms with E-state index in [0.717, 1.165) is 12.8 Å². The number of anilines is 1. The van der Waals surface area contributed by atoms with E-state index in [2.05, 4.69) is 5.32 Å². The van der Waals surface area contributed by atoms with Crippen molar-refractivity contribution in [1.82, 2.24) is 4.90 Å². The van der Waals surface area contributed by atoms with Gasteiger partial charge in [-0.2, -0.15) is 0 Å². The maximum Gasteiger partial charge on any atom is 0.238 e. The van der Waals surface area contributed by atoms with Crippen molar-refractivity contribution in [2.24, 2.45) is 0 Å². The molecular weight excluding hydrogens is 350 g/mol. The number of nitrogens with zero attached hydrogens (tertiary/aromatic N) is 1. The number of carbonyl (C=O) groups excluding carboxylic acids is 1. The number of rotatable bonds is 6. The van der Waals surface area contributed by atoms with Gasteiger partial charge in [-0.1, -0.05) is 41.4 Å². The van der Waals surface area contributed by atoms with Crippen LogP contribution in [0.1, 0.15) is 18.4 Å². The van der Waals surface area contributed by atoms with E-state index < -0.39 is 0 Å². The van der Waals surface area contributed by atoms with Gasteiger partial charge in [0.15, 0.2) is 0 Å². The lowest BCUT2D eigenvalue weighted by atomic mass is 10.2. The van der Waals surface area contributed by atoms with Crippen LogP contribution in [0.4, 0.5) is 10.1 Å². The van der Waals surface area contributed by atoms with Gasteiger partial charge in [0.2, 0.25) is 5.91 Å². The number of halogens is 3. The van der Waals surface area contributed by atoms with Gasteiger partial charge in [-0.3, -0.25) is 9.69 Å². The third-order valence-corrected chi connectivity index (χ3v) is 4.51. The summed E-state index contributed by atoms with van der Waals surface area (Å²) < 4.78 is 13.9. The van der Waals surface area contributed by atoms with Crippen molar-refractivity contribution in [3.63, 3.8) is 0 Å². The van der Waals surface area contributed by atoms with Gasteiger partial charge in [0.1, 0.15) is 5.82 Å². The second kappa shape index (κ2) is 7.51. The van der Waals surface area contributed by atoms with E-state index in [0.29, 0.717) is 33.9 Å². The summed E-state index contributed by atoms with van der Waals surface area (Å²) in [6.07, 6.45) is 2.05. The molecular formula is C18H17Cl2FN2O. The highest BCUT2D eigenvalue weighted by molar-refractivity contribution is 6.35. The highest BCUT2D eigenvalue weighted by Crippen LogP contribution is 2.29. The molecule has 0 heterocycles. The molecule has 0 spiro atoms. The molecule has 1 N–H and O–H groups in total. The van der Waals surface area contributed by atoms with Crippen molar-refractivity contribution in [3.8, 4) is 0 Å². The largest absolute Gasteiger partial charge is 0.324 e. The molecule has 126 valence electrons. The number of amides is 1. The van der Waals surface area contributed by atoms with E-state index in [-0.39, 0.29) is 18.3 Å². The minimum Gasteiger partial charge on any atom is -0.324 e. The Morgan fingerprint density at radius 3 is 2.67 bits per heavy atom. The van der Waals surface area contributed by atoms with E-state index >= 15 is 0 Å². The Morgan fingerprint density at radius 1 is 1.21 bits per heavy atom. The zero-order valence-electron chi connectivity index (χ0n) is 12.9. The Kier molecular flexibility index (Phi) is 5.39. The van der Waals surface area contributed by atoms with Crippen molar-refractivity contribution >= 4 is 34.8 Å². The SMILES string of the molecule is O=C(CN(Cc1ccccc1F)C1CC1)Nc1cc(Cl)ccc1Cl. The van der Waals surface area contributed by atoms with Crippen molar-refractivity contribution in [2.45, 2.75) is 25.4 Å². The first kappa shape index (κ1) is 17.2. The van der Waals surface area contributed by atoms with Gasteiger partial charge in [-0.05, 0) is 37.1 Å². The summed E-state index contributed by atoms with van der Waals surface area (Å²) in [4.78, 5) is 14.3. The molecule has 0 saturated heterocycles. The monoisotopic (exact) mass is 366 g/mol. The first-order chi connectivity index (χ1) is 11.5. The highest BCUT2D eigenvalue weighted by atomic mass is 35.5. The predicted molar refractivity (Wildman–Crippen MR) is 94.9 cm³/mol. The topological polar surface area (TPSA) is 32.3 Å². The zero-order valence-corrected chi connectivity index (χ0v) is 14.4. The van der Waals surface area contributed by atoms with Gasteiger partial charge in [0.25, 0.3) is 0 Å². The van der Waals surface area contributed by atoms with Crippen LogP contribution >= 0.6 is 23.2 Å². The van der Waals surface area contributed by atoms with E-state index in [1.165, 1.54) is 6.07 Å². The number of nitrogens with one attached hydrogen (secondary N) is 1. The molecule has 3 nitrogen and oxygen atoms in total. The summed E-state index contributed by atoms with van der Waals surface area (Å²) in [6.45, 7) is 0.593. The Balaban J connectivity index is 1.66. The van der Waals surface area contributed by atoms with Gasteiger partial charge in [-0.25, -0.2) is 4.39 Å². The predicted octanol–water partition coefficient (Wildman–Crippen LogP) is 4.74. The maximum absolute atomic E-state index is 13.9. The lowest BCUT2D eigenvalue weighted by Crippen LogP contribution is -2.34. The Labute approximate surface area is 150 Å². The second-order valence-corrected chi connectivity index (χ2v) is 6.74. The average Bonchev–Trinajstić information content (AvgIpc) is 3.37. The molecule has 0 aliphatic heterocycles. The minimum absolute atomic E-state index is 0.182.